The predicted molar refractivity (Wildman–Crippen MR) is 99.9 cm³/mol. The molecule has 1 aliphatic rings. The number of anilines is 1. The van der Waals surface area contributed by atoms with Crippen LogP contribution >= 0.6 is 0 Å². The van der Waals surface area contributed by atoms with E-state index in [2.05, 4.69) is 4.72 Å². The molecular weight excluding hydrogens is 371 g/mol. The number of sulfonamides is 1. The average molecular weight is 392 g/mol. The second-order valence-electron chi connectivity index (χ2n) is 6.67. The molecule has 0 radical (unpaired) electrons. The molecule has 1 atom stereocenters. The molecule has 0 bridgehead atoms. The van der Waals surface area contributed by atoms with Crippen LogP contribution < -0.4 is 9.62 Å². The summed E-state index contributed by atoms with van der Waals surface area (Å²) < 4.78 is 46.2. The molecule has 0 aliphatic carbocycles. The minimum absolute atomic E-state index is 0.0431. The Labute approximate surface area is 158 Å². The second-order valence-corrected chi connectivity index (χ2v) is 8.38. The highest BCUT2D eigenvalue weighted by atomic mass is 32.2. The van der Waals surface area contributed by atoms with Crippen molar-refractivity contribution in [3.63, 3.8) is 0 Å². The van der Waals surface area contributed by atoms with Crippen LogP contribution in [0.15, 0.2) is 41.3 Å². The van der Waals surface area contributed by atoms with E-state index in [0.717, 1.165) is 5.56 Å². The van der Waals surface area contributed by atoms with E-state index in [0.29, 0.717) is 16.8 Å². The van der Waals surface area contributed by atoms with Gasteiger partial charge in [0, 0.05) is 12.2 Å². The van der Waals surface area contributed by atoms with Crippen LogP contribution in [-0.2, 0) is 14.8 Å². The van der Waals surface area contributed by atoms with E-state index in [4.69, 9.17) is 4.74 Å². The normalized spacial score (nSPS) is 17.3. The summed E-state index contributed by atoms with van der Waals surface area (Å²) in [6.07, 6.45) is -1.23. The van der Waals surface area contributed by atoms with Crippen molar-refractivity contribution >= 4 is 21.8 Å². The zero-order valence-electron chi connectivity index (χ0n) is 15.3. The molecule has 1 amide bonds. The van der Waals surface area contributed by atoms with Gasteiger partial charge in [-0.2, -0.15) is 0 Å². The molecule has 27 heavy (non-hydrogen) atoms. The van der Waals surface area contributed by atoms with Crippen LogP contribution in [0, 0.1) is 26.6 Å². The van der Waals surface area contributed by atoms with Crippen molar-refractivity contribution in [2.75, 3.05) is 18.0 Å². The van der Waals surface area contributed by atoms with E-state index in [-0.39, 0.29) is 18.0 Å². The molecule has 0 spiro atoms. The Hall–Kier alpha value is -2.45. The maximum absolute atomic E-state index is 13.0. The molecular formula is C19H21FN2O4S. The molecule has 1 saturated heterocycles. The Morgan fingerprint density at radius 2 is 1.74 bits per heavy atom. The number of amides is 1. The van der Waals surface area contributed by atoms with Gasteiger partial charge in [-0.1, -0.05) is 17.7 Å². The number of nitrogens with one attached hydrogen (secondary N) is 1. The number of aryl methyl sites for hydroxylation is 3. The van der Waals surface area contributed by atoms with Crippen LogP contribution in [0.1, 0.15) is 16.7 Å². The van der Waals surface area contributed by atoms with Crippen molar-refractivity contribution in [2.24, 2.45) is 0 Å². The van der Waals surface area contributed by atoms with Gasteiger partial charge in [-0.15, -0.1) is 0 Å². The Bertz CT molecular complexity index is 951. The van der Waals surface area contributed by atoms with Crippen molar-refractivity contribution in [3.8, 4) is 0 Å². The Morgan fingerprint density at radius 1 is 1.15 bits per heavy atom. The van der Waals surface area contributed by atoms with Crippen LogP contribution in [-0.4, -0.2) is 33.7 Å². The first-order valence-electron chi connectivity index (χ1n) is 8.48. The van der Waals surface area contributed by atoms with Gasteiger partial charge >= 0.3 is 6.09 Å². The quantitative estimate of drug-likeness (QED) is 0.849. The minimum atomic E-state index is -3.74. The van der Waals surface area contributed by atoms with Gasteiger partial charge in [0.1, 0.15) is 11.9 Å². The molecule has 1 heterocycles. The monoisotopic (exact) mass is 392 g/mol. The predicted octanol–water partition coefficient (Wildman–Crippen LogP) is 3.05. The molecule has 2 aromatic rings. The number of rotatable bonds is 5. The van der Waals surface area contributed by atoms with E-state index in [1.807, 2.05) is 19.1 Å². The number of carbonyl (C=O) groups excluding carboxylic acids is 1. The van der Waals surface area contributed by atoms with Crippen LogP contribution in [0.25, 0.3) is 0 Å². The van der Waals surface area contributed by atoms with Crippen molar-refractivity contribution in [1.82, 2.24) is 4.72 Å². The highest BCUT2D eigenvalue weighted by Crippen LogP contribution is 2.24. The Balaban J connectivity index is 1.70. The van der Waals surface area contributed by atoms with Crippen LogP contribution in [0.5, 0.6) is 0 Å². The summed E-state index contributed by atoms with van der Waals surface area (Å²) in [4.78, 5) is 13.6. The highest BCUT2D eigenvalue weighted by Gasteiger charge is 2.33. The molecule has 1 aliphatic heterocycles. The van der Waals surface area contributed by atoms with Crippen LogP contribution in [0.4, 0.5) is 14.9 Å². The van der Waals surface area contributed by atoms with E-state index in [9.17, 15) is 17.6 Å². The molecule has 1 unspecified atom stereocenters. The molecule has 1 fully saturated rings. The fourth-order valence-electron chi connectivity index (χ4n) is 3.33. The maximum Gasteiger partial charge on any atom is 0.414 e. The summed E-state index contributed by atoms with van der Waals surface area (Å²) >= 11 is 0. The lowest BCUT2D eigenvalue weighted by atomic mass is 10.1. The highest BCUT2D eigenvalue weighted by molar-refractivity contribution is 7.89. The van der Waals surface area contributed by atoms with Gasteiger partial charge in [-0.3, -0.25) is 4.90 Å². The number of cyclic esters (lactones) is 1. The summed E-state index contributed by atoms with van der Waals surface area (Å²) in [6, 6.07) is 9.08. The fraction of sp³-hybridized carbons (Fsp3) is 0.316. The van der Waals surface area contributed by atoms with Crippen molar-refractivity contribution in [2.45, 2.75) is 31.8 Å². The second kappa shape index (κ2) is 7.28. The number of carbonyl (C=O) groups is 1. The number of nitrogens with zero attached hydrogens (tertiary/aromatic N) is 1. The van der Waals surface area contributed by atoms with Gasteiger partial charge in [-0.25, -0.2) is 22.3 Å². The smallest absolute Gasteiger partial charge is 0.414 e. The lowest BCUT2D eigenvalue weighted by Crippen LogP contribution is -2.35. The first kappa shape index (κ1) is 19.3. The van der Waals surface area contributed by atoms with Crippen molar-refractivity contribution < 1.29 is 22.3 Å². The number of ether oxygens (including phenoxy) is 1. The first-order valence-corrected chi connectivity index (χ1v) is 9.97. The molecule has 144 valence electrons. The van der Waals surface area contributed by atoms with E-state index >= 15 is 0 Å². The molecule has 0 aromatic heterocycles. The standard InChI is InChI=1S/C19H21FN2O4S/c1-12-8-13(2)18(14(3)9-12)27(24,25)21-10-17-11-22(19(23)26-17)16-6-4-15(20)5-7-16/h4-9,17,21H,10-11H2,1-3H3. The summed E-state index contributed by atoms with van der Waals surface area (Å²) in [5.74, 6) is -0.403. The number of hydrogen-bond acceptors (Lipinski definition) is 4. The largest absolute Gasteiger partial charge is 0.443 e. The van der Waals surface area contributed by atoms with Gasteiger partial charge in [-0.05, 0) is 56.2 Å². The lowest BCUT2D eigenvalue weighted by molar-refractivity contribution is 0.143. The molecule has 1 N–H and O–H groups in total. The third-order valence-corrected chi connectivity index (χ3v) is 6.11. The SMILES string of the molecule is Cc1cc(C)c(S(=O)(=O)NCC2CN(c3ccc(F)cc3)C(=O)O2)c(C)c1. The average Bonchev–Trinajstić information content (AvgIpc) is 2.93. The van der Waals surface area contributed by atoms with Crippen LogP contribution in [0.2, 0.25) is 0 Å². The van der Waals surface area contributed by atoms with Gasteiger partial charge in [0.05, 0.1) is 11.4 Å². The Morgan fingerprint density at radius 3 is 2.33 bits per heavy atom. The van der Waals surface area contributed by atoms with Crippen molar-refractivity contribution in [1.29, 1.82) is 0 Å². The zero-order chi connectivity index (χ0) is 19.8. The summed E-state index contributed by atoms with van der Waals surface area (Å²) in [6.45, 7) is 5.55. The fourth-order valence-corrected chi connectivity index (χ4v) is 4.84. The third kappa shape index (κ3) is 4.12. The Kier molecular flexibility index (Phi) is 5.21. The lowest BCUT2D eigenvalue weighted by Gasteiger charge is -2.15. The molecule has 8 heteroatoms. The summed E-state index contributed by atoms with van der Waals surface area (Å²) in [7, 11) is -3.74. The zero-order valence-corrected chi connectivity index (χ0v) is 16.1. The molecule has 6 nitrogen and oxygen atoms in total. The van der Waals surface area contributed by atoms with Crippen molar-refractivity contribution in [3.05, 3.63) is 58.9 Å². The summed E-state index contributed by atoms with van der Waals surface area (Å²) in [5.41, 5.74) is 2.81. The van der Waals surface area contributed by atoms with E-state index in [1.165, 1.54) is 29.2 Å². The van der Waals surface area contributed by atoms with Gasteiger partial charge in [0.15, 0.2) is 0 Å². The van der Waals surface area contributed by atoms with Gasteiger partial charge in [0.2, 0.25) is 10.0 Å². The number of benzene rings is 2. The maximum atomic E-state index is 13.0. The summed E-state index contributed by atoms with van der Waals surface area (Å²) in [5, 5.41) is 0. The van der Waals surface area contributed by atoms with E-state index in [1.54, 1.807) is 13.8 Å². The number of halogens is 1. The first-order chi connectivity index (χ1) is 12.7. The topological polar surface area (TPSA) is 75.7 Å². The van der Waals surface area contributed by atoms with E-state index < -0.39 is 28.0 Å². The van der Waals surface area contributed by atoms with Gasteiger partial charge in [0.25, 0.3) is 0 Å². The minimum Gasteiger partial charge on any atom is -0.443 e. The third-order valence-electron chi connectivity index (χ3n) is 4.39. The number of hydrogen-bond donors (Lipinski definition) is 1. The molecule has 2 aromatic carbocycles. The molecule has 0 saturated carbocycles. The van der Waals surface area contributed by atoms with Crippen LogP contribution in [0.3, 0.4) is 0 Å². The molecule has 3 rings (SSSR count). The van der Waals surface area contributed by atoms with Gasteiger partial charge < -0.3 is 4.74 Å².